The van der Waals surface area contributed by atoms with Crippen molar-refractivity contribution in [2.24, 2.45) is 0 Å². The molecule has 0 radical (unpaired) electrons. The van der Waals surface area contributed by atoms with Crippen LogP contribution in [0.2, 0.25) is 25.2 Å². The third-order valence-corrected chi connectivity index (χ3v) is 5.62. The summed E-state index contributed by atoms with van der Waals surface area (Å²) in [6, 6.07) is 3.18. The van der Waals surface area contributed by atoms with Crippen LogP contribution in [0, 0.1) is 0 Å². The standard InChI is InChI=1S/C7H16Si.H2O/c1-8(2)6-4-3-5-7-8;/h3-7H2,1-2H3;1H2. The monoisotopic (exact) mass is 146 g/mol. The van der Waals surface area contributed by atoms with Crippen LogP contribution in [0.1, 0.15) is 19.3 Å². The highest BCUT2D eigenvalue weighted by molar-refractivity contribution is 6.77. The van der Waals surface area contributed by atoms with Crippen LogP contribution in [0.25, 0.3) is 0 Å². The molecule has 0 spiro atoms. The zero-order chi connectivity index (χ0) is 6.04. The predicted octanol–water partition coefficient (Wildman–Crippen LogP) is 2.05. The first-order valence-electron chi connectivity index (χ1n) is 3.71. The Morgan fingerprint density at radius 1 is 0.889 bits per heavy atom. The van der Waals surface area contributed by atoms with Crippen molar-refractivity contribution < 1.29 is 5.48 Å². The lowest BCUT2D eigenvalue weighted by molar-refractivity contribution is 0.713. The van der Waals surface area contributed by atoms with E-state index in [1.165, 1.54) is 19.3 Å². The van der Waals surface area contributed by atoms with E-state index in [9.17, 15) is 0 Å². The molecule has 1 aliphatic heterocycles. The van der Waals surface area contributed by atoms with Gasteiger partial charge in [0, 0.05) is 8.07 Å². The maximum Gasteiger partial charge on any atom is 0.0473 e. The van der Waals surface area contributed by atoms with Gasteiger partial charge < -0.3 is 5.48 Å². The van der Waals surface area contributed by atoms with Crippen molar-refractivity contribution in [3.8, 4) is 0 Å². The fourth-order valence-electron chi connectivity index (χ4n) is 1.51. The van der Waals surface area contributed by atoms with Gasteiger partial charge in [-0.15, -0.1) is 0 Å². The number of hydrogen-bond acceptors (Lipinski definition) is 0. The number of rotatable bonds is 0. The van der Waals surface area contributed by atoms with Gasteiger partial charge in [-0.05, 0) is 0 Å². The molecule has 1 heterocycles. The summed E-state index contributed by atoms with van der Waals surface area (Å²) in [4.78, 5) is 0. The molecule has 1 aliphatic rings. The molecule has 2 heteroatoms. The van der Waals surface area contributed by atoms with Crippen LogP contribution in [0.3, 0.4) is 0 Å². The van der Waals surface area contributed by atoms with Crippen LogP contribution >= 0.6 is 0 Å². The van der Waals surface area contributed by atoms with E-state index in [0.717, 1.165) is 0 Å². The van der Waals surface area contributed by atoms with E-state index in [0.29, 0.717) is 0 Å². The third kappa shape index (κ3) is 3.01. The summed E-state index contributed by atoms with van der Waals surface area (Å²) in [7, 11) is -0.590. The molecule has 1 nitrogen and oxygen atoms in total. The average Bonchev–Trinajstić information content (AvgIpc) is 1.65. The average molecular weight is 146 g/mol. The first-order chi connectivity index (χ1) is 3.71. The molecule has 0 aromatic heterocycles. The zero-order valence-electron chi connectivity index (χ0n) is 6.54. The van der Waals surface area contributed by atoms with Gasteiger partial charge in [0.15, 0.2) is 0 Å². The Balaban J connectivity index is 0.000000640. The summed E-state index contributed by atoms with van der Waals surface area (Å²) >= 11 is 0. The van der Waals surface area contributed by atoms with Crippen molar-refractivity contribution in [1.29, 1.82) is 0 Å². The topological polar surface area (TPSA) is 31.5 Å². The largest absolute Gasteiger partial charge is 0.412 e. The van der Waals surface area contributed by atoms with Gasteiger partial charge in [0.1, 0.15) is 0 Å². The molecule has 0 aliphatic carbocycles. The highest BCUT2D eigenvalue weighted by Gasteiger charge is 2.22. The molecule has 0 aromatic rings. The molecular weight excluding hydrogens is 128 g/mol. The smallest absolute Gasteiger partial charge is 0.0473 e. The van der Waals surface area contributed by atoms with E-state index in [-0.39, 0.29) is 5.48 Å². The summed E-state index contributed by atoms with van der Waals surface area (Å²) in [5.41, 5.74) is 0. The summed E-state index contributed by atoms with van der Waals surface area (Å²) in [5, 5.41) is 0. The quantitative estimate of drug-likeness (QED) is 0.468. The lowest BCUT2D eigenvalue weighted by atomic mass is 10.3. The second-order valence-corrected chi connectivity index (χ2v) is 9.05. The lowest BCUT2D eigenvalue weighted by Gasteiger charge is -2.26. The molecule has 0 atom stereocenters. The van der Waals surface area contributed by atoms with E-state index in [2.05, 4.69) is 13.1 Å². The Kier molecular flexibility index (Phi) is 3.44. The molecule has 1 saturated heterocycles. The third-order valence-electron chi connectivity index (χ3n) is 2.21. The van der Waals surface area contributed by atoms with E-state index < -0.39 is 8.07 Å². The molecule has 0 bridgehead atoms. The van der Waals surface area contributed by atoms with Crippen molar-refractivity contribution in [1.82, 2.24) is 0 Å². The lowest BCUT2D eigenvalue weighted by Crippen LogP contribution is -2.27. The summed E-state index contributed by atoms with van der Waals surface area (Å²) in [5.74, 6) is 0. The summed E-state index contributed by atoms with van der Waals surface area (Å²) in [6.07, 6.45) is 4.56. The first kappa shape index (κ1) is 9.18. The van der Waals surface area contributed by atoms with Crippen LogP contribution in [-0.4, -0.2) is 13.6 Å². The Labute approximate surface area is 58.8 Å². The summed E-state index contributed by atoms with van der Waals surface area (Å²) in [6.45, 7) is 5.04. The van der Waals surface area contributed by atoms with Crippen molar-refractivity contribution in [2.45, 2.75) is 44.4 Å². The summed E-state index contributed by atoms with van der Waals surface area (Å²) < 4.78 is 0. The van der Waals surface area contributed by atoms with Gasteiger partial charge in [0.05, 0.1) is 0 Å². The zero-order valence-corrected chi connectivity index (χ0v) is 7.54. The molecular formula is C7H18OSi. The van der Waals surface area contributed by atoms with Crippen LogP contribution in [-0.2, 0) is 0 Å². The van der Waals surface area contributed by atoms with E-state index >= 15 is 0 Å². The molecule has 0 unspecified atom stereocenters. The van der Waals surface area contributed by atoms with Crippen molar-refractivity contribution >= 4 is 8.07 Å². The van der Waals surface area contributed by atoms with Crippen LogP contribution in [0.15, 0.2) is 0 Å². The maximum absolute atomic E-state index is 2.52. The predicted molar refractivity (Wildman–Crippen MR) is 44.6 cm³/mol. The fourth-order valence-corrected chi connectivity index (χ4v) is 4.17. The van der Waals surface area contributed by atoms with Gasteiger partial charge in [-0.25, -0.2) is 0 Å². The van der Waals surface area contributed by atoms with Crippen molar-refractivity contribution in [2.75, 3.05) is 0 Å². The van der Waals surface area contributed by atoms with E-state index in [1.807, 2.05) is 0 Å². The minimum Gasteiger partial charge on any atom is -0.412 e. The maximum atomic E-state index is 2.52. The van der Waals surface area contributed by atoms with E-state index in [4.69, 9.17) is 0 Å². The van der Waals surface area contributed by atoms with Gasteiger partial charge >= 0.3 is 0 Å². The molecule has 2 N–H and O–H groups in total. The highest BCUT2D eigenvalue weighted by atomic mass is 28.3. The second kappa shape index (κ2) is 3.37. The van der Waals surface area contributed by atoms with Gasteiger partial charge in [0.2, 0.25) is 0 Å². The van der Waals surface area contributed by atoms with Crippen LogP contribution in [0.5, 0.6) is 0 Å². The minimum atomic E-state index is -0.590. The van der Waals surface area contributed by atoms with Crippen LogP contribution in [0.4, 0.5) is 0 Å². The molecule has 1 rings (SSSR count). The van der Waals surface area contributed by atoms with E-state index in [1.54, 1.807) is 12.1 Å². The molecule has 9 heavy (non-hydrogen) atoms. The van der Waals surface area contributed by atoms with Gasteiger partial charge in [0.25, 0.3) is 0 Å². The Hall–Kier alpha value is 0.177. The van der Waals surface area contributed by atoms with Gasteiger partial charge in [-0.3, -0.25) is 0 Å². The molecule has 56 valence electrons. The Morgan fingerprint density at radius 2 is 1.33 bits per heavy atom. The normalized spacial score (nSPS) is 24.7. The highest BCUT2D eigenvalue weighted by Crippen LogP contribution is 2.27. The SMILES string of the molecule is C[Si]1(C)CCCCC1.O. The molecule has 0 aromatic carbocycles. The first-order valence-corrected chi connectivity index (χ1v) is 7.12. The Bertz CT molecular complexity index is 73.0. The Morgan fingerprint density at radius 3 is 1.56 bits per heavy atom. The van der Waals surface area contributed by atoms with Crippen molar-refractivity contribution in [3.63, 3.8) is 0 Å². The van der Waals surface area contributed by atoms with Gasteiger partial charge in [-0.1, -0.05) is 44.4 Å². The van der Waals surface area contributed by atoms with Gasteiger partial charge in [-0.2, -0.15) is 0 Å². The van der Waals surface area contributed by atoms with Crippen molar-refractivity contribution in [3.05, 3.63) is 0 Å². The molecule has 1 fully saturated rings. The fraction of sp³-hybridized carbons (Fsp3) is 1.00. The molecule has 0 saturated carbocycles. The molecule has 0 amide bonds. The minimum absolute atomic E-state index is 0. The number of hydrogen-bond donors (Lipinski definition) is 0. The van der Waals surface area contributed by atoms with Crippen LogP contribution < -0.4 is 0 Å². The second-order valence-electron chi connectivity index (χ2n) is 3.72.